The number of carbonyl (C=O) groups excluding carboxylic acids is 1. The molecular formula is C29H24O4. The molecule has 1 aliphatic rings. The van der Waals surface area contributed by atoms with Crippen LogP contribution in [0.15, 0.2) is 91.0 Å². The van der Waals surface area contributed by atoms with Gasteiger partial charge in [0.1, 0.15) is 17.1 Å². The summed E-state index contributed by atoms with van der Waals surface area (Å²) in [7, 11) is 0. The monoisotopic (exact) mass is 436 g/mol. The molecule has 0 radical (unpaired) electrons. The highest BCUT2D eigenvalue weighted by Crippen LogP contribution is 2.44. The van der Waals surface area contributed by atoms with Crippen molar-refractivity contribution in [2.75, 3.05) is 6.61 Å². The molecule has 164 valence electrons. The summed E-state index contributed by atoms with van der Waals surface area (Å²) in [4.78, 5) is 12.5. The number of aromatic hydroxyl groups is 1. The number of benzene rings is 4. The third-order valence-corrected chi connectivity index (χ3v) is 5.96. The molecule has 4 heteroatoms. The lowest BCUT2D eigenvalue weighted by Crippen LogP contribution is -2.34. The van der Waals surface area contributed by atoms with Gasteiger partial charge in [0.2, 0.25) is 0 Å². The fourth-order valence-electron chi connectivity index (χ4n) is 4.32. The van der Waals surface area contributed by atoms with Crippen molar-refractivity contribution in [2.45, 2.75) is 18.9 Å². The highest BCUT2D eigenvalue weighted by atomic mass is 16.5. The van der Waals surface area contributed by atoms with Crippen LogP contribution in [0.3, 0.4) is 0 Å². The summed E-state index contributed by atoms with van der Waals surface area (Å²) in [6, 6.07) is 27.3. The fraction of sp³-hybridized carbons (Fsp3) is 0.138. The van der Waals surface area contributed by atoms with E-state index in [2.05, 4.69) is 30.3 Å². The van der Waals surface area contributed by atoms with E-state index >= 15 is 0 Å². The van der Waals surface area contributed by atoms with Crippen LogP contribution in [0, 0.1) is 0 Å². The second-order valence-electron chi connectivity index (χ2n) is 8.11. The third-order valence-electron chi connectivity index (χ3n) is 5.96. The number of hydrogen-bond acceptors (Lipinski definition) is 4. The normalized spacial score (nSPS) is 13.8. The molecule has 1 heterocycles. The minimum absolute atomic E-state index is 0.0906. The van der Waals surface area contributed by atoms with Crippen LogP contribution >= 0.6 is 0 Å². The number of rotatable bonds is 5. The highest BCUT2D eigenvalue weighted by Gasteiger charge is 2.37. The second-order valence-corrected chi connectivity index (χ2v) is 8.11. The van der Waals surface area contributed by atoms with E-state index in [1.165, 1.54) is 0 Å². The first kappa shape index (κ1) is 20.8. The van der Waals surface area contributed by atoms with Crippen molar-refractivity contribution in [1.82, 2.24) is 0 Å². The van der Waals surface area contributed by atoms with Crippen LogP contribution in [0.1, 0.15) is 40.4 Å². The Bertz CT molecular complexity index is 1300. The average molecular weight is 437 g/mol. The van der Waals surface area contributed by atoms with Crippen molar-refractivity contribution in [1.29, 1.82) is 0 Å². The second kappa shape index (κ2) is 8.47. The Hall–Kier alpha value is -4.05. The van der Waals surface area contributed by atoms with Gasteiger partial charge in [0.05, 0.1) is 6.61 Å². The first-order valence-electron chi connectivity index (χ1n) is 11.1. The molecule has 0 saturated carbocycles. The van der Waals surface area contributed by atoms with Crippen molar-refractivity contribution in [3.05, 3.63) is 113 Å². The Balaban J connectivity index is 1.66. The molecular weight excluding hydrogens is 412 g/mol. The number of esters is 1. The van der Waals surface area contributed by atoms with Crippen molar-refractivity contribution < 1.29 is 19.4 Å². The van der Waals surface area contributed by atoms with Crippen LogP contribution in [0.5, 0.6) is 11.5 Å². The molecule has 1 N–H and O–H groups in total. The average Bonchev–Trinajstić information content (AvgIpc) is 2.87. The maximum Gasteiger partial charge on any atom is 0.341 e. The van der Waals surface area contributed by atoms with Crippen LogP contribution < -0.4 is 4.74 Å². The molecule has 0 amide bonds. The first-order chi connectivity index (χ1) is 16.1. The van der Waals surface area contributed by atoms with Gasteiger partial charge in [-0.05, 0) is 47.5 Å². The van der Waals surface area contributed by atoms with E-state index in [1.54, 1.807) is 12.1 Å². The standard InChI is InChI=1S/C29H24O4/c1-2-17-32-28(31)25-19-24-20(18-26(25)30)13-14-27-23(24)15-16-29(33-27,21-9-5-3-6-10-21)22-11-7-4-8-12-22/h3-16,18-19,30H,2,17H2,1H3. The lowest BCUT2D eigenvalue weighted by Gasteiger charge is -2.36. The molecule has 33 heavy (non-hydrogen) atoms. The third kappa shape index (κ3) is 3.64. The zero-order valence-corrected chi connectivity index (χ0v) is 18.3. The summed E-state index contributed by atoms with van der Waals surface area (Å²) in [5.41, 5.74) is 2.28. The Labute approximate surface area is 192 Å². The summed E-state index contributed by atoms with van der Waals surface area (Å²) in [6.45, 7) is 2.24. The number of carbonyl (C=O) groups is 1. The van der Waals surface area contributed by atoms with Gasteiger partial charge >= 0.3 is 5.97 Å². The van der Waals surface area contributed by atoms with E-state index in [9.17, 15) is 9.90 Å². The first-order valence-corrected chi connectivity index (χ1v) is 11.1. The van der Waals surface area contributed by atoms with Gasteiger partial charge in [0.25, 0.3) is 0 Å². The molecule has 0 aliphatic carbocycles. The van der Waals surface area contributed by atoms with E-state index < -0.39 is 11.6 Å². The van der Waals surface area contributed by atoms with E-state index in [-0.39, 0.29) is 11.3 Å². The SMILES string of the molecule is CCCOC(=O)c1cc2c3c(ccc2cc1O)OC(c1ccccc1)(c1ccccc1)C=C3. The van der Waals surface area contributed by atoms with Gasteiger partial charge in [-0.15, -0.1) is 0 Å². The van der Waals surface area contributed by atoms with E-state index in [4.69, 9.17) is 9.47 Å². The van der Waals surface area contributed by atoms with Gasteiger partial charge in [0, 0.05) is 16.7 Å². The molecule has 0 saturated heterocycles. The molecule has 0 aromatic heterocycles. The van der Waals surface area contributed by atoms with Gasteiger partial charge in [-0.2, -0.15) is 0 Å². The minimum Gasteiger partial charge on any atom is -0.507 e. The predicted octanol–water partition coefficient (Wildman–Crippen LogP) is 6.46. The molecule has 0 bridgehead atoms. The van der Waals surface area contributed by atoms with Crippen LogP contribution in [0.2, 0.25) is 0 Å². The zero-order chi connectivity index (χ0) is 22.8. The maximum absolute atomic E-state index is 12.5. The van der Waals surface area contributed by atoms with Gasteiger partial charge in [-0.3, -0.25) is 0 Å². The van der Waals surface area contributed by atoms with Gasteiger partial charge in [-0.1, -0.05) is 73.7 Å². The maximum atomic E-state index is 12.5. The molecule has 4 aromatic carbocycles. The molecule has 4 nitrogen and oxygen atoms in total. The van der Waals surface area contributed by atoms with Crippen molar-refractivity contribution in [2.24, 2.45) is 0 Å². The Kier molecular flexibility index (Phi) is 5.35. The summed E-state index contributed by atoms with van der Waals surface area (Å²) in [6.07, 6.45) is 4.81. The fourth-order valence-corrected chi connectivity index (χ4v) is 4.32. The van der Waals surface area contributed by atoms with Gasteiger partial charge in [-0.25, -0.2) is 4.79 Å². The van der Waals surface area contributed by atoms with Crippen molar-refractivity contribution >= 4 is 22.8 Å². The molecule has 1 aliphatic heterocycles. The summed E-state index contributed by atoms with van der Waals surface area (Å²) in [5, 5.41) is 12.0. The number of phenols is 1. The lowest BCUT2D eigenvalue weighted by atomic mass is 9.83. The number of ether oxygens (including phenoxy) is 2. The van der Waals surface area contributed by atoms with Gasteiger partial charge < -0.3 is 14.6 Å². The summed E-state index contributed by atoms with van der Waals surface area (Å²) in [5.74, 6) is 0.0842. The van der Waals surface area contributed by atoms with Crippen LogP contribution in [-0.4, -0.2) is 17.7 Å². The van der Waals surface area contributed by atoms with Crippen molar-refractivity contribution in [3.63, 3.8) is 0 Å². The topological polar surface area (TPSA) is 55.8 Å². The molecule has 5 rings (SSSR count). The smallest absolute Gasteiger partial charge is 0.341 e. The van der Waals surface area contributed by atoms with Crippen LogP contribution in [0.4, 0.5) is 0 Å². The quantitative estimate of drug-likeness (QED) is 0.365. The number of phenolic OH excluding ortho intramolecular Hbond substituents is 1. The Morgan fingerprint density at radius 2 is 1.61 bits per heavy atom. The molecule has 0 spiro atoms. The molecule has 0 atom stereocenters. The largest absolute Gasteiger partial charge is 0.507 e. The summed E-state index contributed by atoms with van der Waals surface area (Å²) >= 11 is 0. The van der Waals surface area contributed by atoms with E-state index in [0.29, 0.717) is 18.8 Å². The van der Waals surface area contributed by atoms with Crippen LogP contribution in [0.25, 0.3) is 16.8 Å². The predicted molar refractivity (Wildman–Crippen MR) is 130 cm³/mol. The Morgan fingerprint density at radius 3 is 2.24 bits per heavy atom. The van der Waals surface area contributed by atoms with E-state index in [1.807, 2.05) is 61.5 Å². The Morgan fingerprint density at radius 1 is 0.939 bits per heavy atom. The van der Waals surface area contributed by atoms with Crippen molar-refractivity contribution in [3.8, 4) is 11.5 Å². The molecule has 4 aromatic rings. The van der Waals surface area contributed by atoms with Gasteiger partial charge in [0.15, 0.2) is 5.60 Å². The minimum atomic E-state index is -0.775. The molecule has 0 unspecified atom stereocenters. The summed E-state index contributed by atoms with van der Waals surface area (Å²) < 4.78 is 12.0. The molecule has 0 fully saturated rings. The lowest BCUT2D eigenvalue weighted by molar-refractivity contribution is 0.0502. The zero-order valence-electron chi connectivity index (χ0n) is 18.3. The van der Waals surface area contributed by atoms with E-state index in [0.717, 1.165) is 27.5 Å². The number of fused-ring (bicyclic) bond motifs is 3. The number of hydrogen-bond donors (Lipinski definition) is 1. The van der Waals surface area contributed by atoms with Crippen LogP contribution in [-0.2, 0) is 10.3 Å². The highest BCUT2D eigenvalue weighted by molar-refractivity contribution is 6.02.